The number of ether oxygens (including phenoxy) is 1. The summed E-state index contributed by atoms with van der Waals surface area (Å²) in [6.07, 6.45) is 2.31. The second kappa shape index (κ2) is 8.79. The molecular weight excluding hydrogens is 409 g/mol. The van der Waals surface area contributed by atoms with Gasteiger partial charge in [-0.2, -0.15) is 0 Å². The lowest BCUT2D eigenvalue weighted by Crippen LogP contribution is -2.37. The van der Waals surface area contributed by atoms with Crippen LogP contribution in [-0.2, 0) is 6.61 Å². The number of likely N-dealkylation sites (tertiary alicyclic amines) is 1. The lowest BCUT2D eigenvalue weighted by molar-refractivity contribution is 0.284. The Hall–Kier alpha value is -1.00. The highest BCUT2D eigenvalue weighted by molar-refractivity contribution is 7.80. The van der Waals surface area contributed by atoms with E-state index in [4.69, 9.17) is 51.8 Å². The predicted molar refractivity (Wildman–Crippen MR) is 114 cm³/mol. The monoisotopic (exact) mass is 427 g/mol. The van der Waals surface area contributed by atoms with Gasteiger partial charge in [-0.25, -0.2) is 0 Å². The number of thiocarbonyl (C=S) groups is 1. The van der Waals surface area contributed by atoms with Crippen LogP contribution in [0.2, 0.25) is 15.1 Å². The van der Waals surface area contributed by atoms with Crippen molar-refractivity contribution in [1.29, 1.82) is 0 Å². The van der Waals surface area contributed by atoms with Gasteiger partial charge in [-0.1, -0.05) is 66.1 Å². The molecule has 3 rings (SSSR count). The number of piperidine rings is 1. The Morgan fingerprint density at radius 2 is 1.65 bits per heavy atom. The molecule has 0 amide bonds. The number of hydrogen-bond acceptors (Lipinski definition) is 2. The average molecular weight is 429 g/mol. The van der Waals surface area contributed by atoms with Crippen molar-refractivity contribution in [3.63, 3.8) is 0 Å². The van der Waals surface area contributed by atoms with Gasteiger partial charge in [0.15, 0.2) is 5.75 Å². The molecule has 1 saturated heterocycles. The standard InChI is InChI=1S/C20H20Cl3NOS/c1-13-6-8-24(9-7-13)20(26)15-10-17(22)19(18(23)11-15)25-12-14-2-4-16(21)5-3-14/h2-5,10-11,13H,6-9,12H2,1H3. The van der Waals surface area contributed by atoms with Gasteiger partial charge in [-0.15, -0.1) is 0 Å². The molecule has 1 aliphatic heterocycles. The fourth-order valence-electron chi connectivity index (χ4n) is 2.95. The van der Waals surface area contributed by atoms with Crippen molar-refractivity contribution in [2.75, 3.05) is 13.1 Å². The van der Waals surface area contributed by atoms with E-state index in [0.29, 0.717) is 27.4 Å². The summed E-state index contributed by atoms with van der Waals surface area (Å²) in [4.78, 5) is 3.02. The lowest BCUT2D eigenvalue weighted by atomic mass is 9.99. The Kier molecular flexibility index (Phi) is 6.68. The van der Waals surface area contributed by atoms with Crippen LogP contribution < -0.4 is 4.74 Å². The van der Waals surface area contributed by atoms with Crippen molar-refractivity contribution in [2.24, 2.45) is 5.92 Å². The molecule has 0 radical (unpaired) electrons. The van der Waals surface area contributed by atoms with E-state index < -0.39 is 0 Å². The highest BCUT2D eigenvalue weighted by atomic mass is 35.5. The summed E-state index contributed by atoms with van der Waals surface area (Å²) < 4.78 is 5.82. The minimum atomic E-state index is 0.365. The molecule has 0 saturated carbocycles. The minimum absolute atomic E-state index is 0.365. The largest absolute Gasteiger partial charge is 0.486 e. The van der Waals surface area contributed by atoms with E-state index in [9.17, 15) is 0 Å². The fraction of sp³-hybridized carbons (Fsp3) is 0.350. The summed E-state index contributed by atoms with van der Waals surface area (Å²) in [7, 11) is 0. The van der Waals surface area contributed by atoms with Gasteiger partial charge in [0.2, 0.25) is 0 Å². The summed E-state index contributed by atoms with van der Waals surface area (Å²) in [6.45, 7) is 4.60. The molecule has 0 atom stereocenters. The molecule has 1 heterocycles. The molecule has 1 aliphatic rings. The van der Waals surface area contributed by atoms with Crippen LogP contribution in [0.15, 0.2) is 36.4 Å². The first-order valence-corrected chi connectivity index (χ1v) is 10.1. The Bertz CT molecular complexity index is 763. The van der Waals surface area contributed by atoms with Gasteiger partial charge in [0.05, 0.1) is 10.0 Å². The fourth-order valence-corrected chi connectivity index (χ4v) is 3.97. The first-order valence-electron chi connectivity index (χ1n) is 8.59. The number of halogens is 3. The summed E-state index contributed by atoms with van der Waals surface area (Å²) in [5, 5.41) is 1.62. The summed E-state index contributed by atoms with van der Waals surface area (Å²) in [6, 6.07) is 11.1. The third-order valence-corrected chi connectivity index (χ3v) is 5.92. The highest BCUT2D eigenvalue weighted by Crippen LogP contribution is 2.35. The Labute approximate surface area is 175 Å². The first kappa shape index (κ1) is 19.8. The molecule has 2 aromatic carbocycles. The maximum atomic E-state index is 6.42. The minimum Gasteiger partial charge on any atom is -0.486 e. The molecule has 0 spiro atoms. The second-order valence-corrected chi connectivity index (χ2v) is 8.30. The Morgan fingerprint density at radius 3 is 2.23 bits per heavy atom. The molecular formula is C20H20Cl3NOS. The lowest BCUT2D eigenvalue weighted by Gasteiger charge is -2.32. The molecule has 0 bridgehead atoms. The molecule has 0 unspecified atom stereocenters. The van der Waals surface area contributed by atoms with Crippen LogP contribution in [0.25, 0.3) is 0 Å². The van der Waals surface area contributed by atoms with E-state index in [1.54, 1.807) is 0 Å². The Morgan fingerprint density at radius 1 is 1.08 bits per heavy atom. The maximum absolute atomic E-state index is 6.42. The normalized spacial score (nSPS) is 15.2. The van der Waals surface area contributed by atoms with E-state index >= 15 is 0 Å². The average Bonchev–Trinajstić information content (AvgIpc) is 2.62. The van der Waals surface area contributed by atoms with Crippen molar-refractivity contribution in [2.45, 2.75) is 26.4 Å². The van der Waals surface area contributed by atoms with E-state index in [2.05, 4.69) is 11.8 Å². The summed E-state index contributed by atoms with van der Waals surface area (Å²) >= 11 is 24.4. The first-order chi connectivity index (χ1) is 12.4. The van der Waals surface area contributed by atoms with Crippen LogP contribution in [0.5, 0.6) is 5.75 Å². The van der Waals surface area contributed by atoms with Gasteiger partial charge < -0.3 is 9.64 Å². The SMILES string of the molecule is CC1CCN(C(=S)c2cc(Cl)c(OCc3ccc(Cl)cc3)c(Cl)c2)CC1. The zero-order valence-electron chi connectivity index (χ0n) is 14.5. The maximum Gasteiger partial charge on any atom is 0.157 e. The molecule has 6 heteroatoms. The van der Waals surface area contributed by atoms with Gasteiger partial charge in [0.1, 0.15) is 11.6 Å². The van der Waals surface area contributed by atoms with Crippen molar-refractivity contribution < 1.29 is 4.74 Å². The van der Waals surface area contributed by atoms with Crippen molar-refractivity contribution in [1.82, 2.24) is 4.90 Å². The van der Waals surface area contributed by atoms with Crippen molar-refractivity contribution >= 4 is 52.0 Å². The third-order valence-electron chi connectivity index (χ3n) is 4.61. The van der Waals surface area contributed by atoms with Crippen LogP contribution in [-0.4, -0.2) is 23.0 Å². The molecule has 0 aliphatic carbocycles. The Balaban J connectivity index is 1.71. The molecule has 1 fully saturated rings. The number of nitrogens with zero attached hydrogens (tertiary/aromatic N) is 1. The van der Waals surface area contributed by atoms with Gasteiger partial charge in [-0.05, 0) is 48.6 Å². The smallest absolute Gasteiger partial charge is 0.157 e. The van der Waals surface area contributed by atoms with Crippen LogP contribution in [0, 0.1) is 5.92 Å². The summed E-state index contributed by atoms with van der Waals surface area (Å²) in [5.41, 5.74) is 1.85. The van der Waals surface area contributed by atoms with Crippen LogP contribution in [0.3, 0.4) is 0 Å². The second-order valence-electron chi connectivity index (χ2n) is 6.66. The molecule has 0 aromatic heterocycles. The van der Waals surface area contributed by atoms with Crippen molar-refractivity contribution in [3.05, 3.63) is 62.6 Å². The van der Waals surface area contributed by atoms with Gasteiger partial charge >= 0.3 is 0 Å². The van der Waals surface area contributed by atoms with E-state index in [0.717, 1.165) is 48.0 Å². The zero-order valence-corrected chi connectivity index (χ0v) is 17.6. The third kappa shape index (κ3) is 4.83. The molecule has 2 aromatic rings. The highest BCUT2D eigenvalue weighted by Gasteiger charge is 2.20. The molecule has 26 heavy (non-hydrogen) atoms. The molecule has 138 valence electrons. The predicted octanol–water partition coefficient (Wildman–Crippen LogP) is 6.63. The summed E-state index contributed by atoms with van der Waals surface area (Å²) in [5.74, 6) is 1.23. The molecule has 2 nitrogen and oxygen atoms in total. The van der Waals surface area contributed by atoms with Crippen LogP contribution in [0.4, 0.5) is 0 Å². The molecule has 0 N–H and O–H groups in total. The topological polar surface area (TPSA) is 12.5 Å². The zero-order chi connectivity index (χ0) is 18.7. The number of hydrogen-bond donors (Lipinski definition) is 0. The van der Waals surface area contributed by atoms with Crippen LogP contribution >= 0.6 is 47.0 Å². The van der Waals surface area contributed by atoms with E-state index in [1.807, 2.05) is 36.4 Å². The van der Waals surface area contributed by atoms with Crippen LogP contribution in [0.1, 0.15) is 30.9 Å². The number of rotatable bonds is 4. The van der Waals surface area contributed by atoms with Crippen molar-refractivity contribution in [3.8, 4) is 5.75 Å². The van der Waals surface area contributed by atoms with Gasteiger partial charge in [0.25, 0.3) is 0 Å². The quantitative estimate of drug-likeness (QED) is 0.507. The van der Waals surface area contributed by atoms with Gasteiger partial charge in [-0.3, -0.25) is 0 Å². The van der Waals surface area contributed by atoms with Gasteiger partial charge in [0, 0.05) is 23.7 Å². The van der Waals surface area contributed by atoms with E-state index in [-0.39, 0.29) is 0 Å². The van der Waals surface area contributed by atoms with E-state index in [1.165, 1.54) is 0 Å². The number of benzene rings is 2.